The van der Waals surface area contributed by atoms with Crippen LogP contribution in [0, 0.1) is 5.92 Å². The van der Waals surface area contributed by atoms with Crippen molar-refractivity contribution in [3.05, 3.63) is 0 Å². The van der Waals surface area contributed by atoms with Crippen molar-refractivity contribution in [2.75, 3.05) is 19.8 Å². The Hall–Kier alpha value is -0.0800. The Morgan fingerprint density at radius 3 is 3.00 bits per heavy atom. The minimum atomic E-state index is 0.701. The van der Waals surface area contributed by atoms with Crippen LogP contribution in [0.2, 0.25) is 0 Å². The van der Waals surface area contributed by atoms with E-state index in [-0.39, 0.29) is 0 Å². The van der Waals surface area contributed by atoms with Crippen molar-refractivity contribution in [3.63, 3.8) is 0 Å². The molecule has 2 aliphatic rings. The molecule has 2 atom stereocenters. The molecule has 0 radical (unpaired) electrons. The second-order valence-electron chi connectivity index (χ2n) is 3.97. The van der Waals surface area contributed by atoms with Crippen LogP contribution in [0.15, 0.2) is 0 Å². The lowest BCUT2D eigenvalue weighted by Gasteiger charge is -2.24. The van der Waals surface area contributed by atoms with Gasteiger partial charge >= 0.3 is 0 Å². The molecule has 64 valence electrons. The first-order valence-electron chi connectivity index (χ1n) is 4.62. The van der Waals surface area contributed by atoms with E-state index >= 15 is 0 Å². The third-order valence-electron chi connectivity index (χ3n) is 2.80. The fraction of sp³-hybridized carbons (Fsp3) is 1.00. The molecule has 0 amide bonds. The molecule has 1 aliphatic heterocycles. The molecule has 11 heavy (non-hydrogen) atoms. The number of fused-ring (bicyclic) bond motifs is 1. The highest BCUT2D eigenvalue weighted by atomic mass is 16.5. The molecule has 2 fully saturated rings. The van der Waals surface area contributed by atoms with Crippen LogP contribution in [0.4, 0.5) is 0 Å². The maximum absolute atomic E-state index is 5.49. The smallest absolute Gasteiger partial charge is 0.0593 e. The number of rotatable bonds is 1. The second kappa shape index (κ2) is 2.76. The van der Waals surface area contributed by atoms with E-state index in [0.717, 1.165) is 31.7 Å². The number of hydrogen-bond donors (Lipinski definition) is 0. The van der Waals surface area contributed by atoms with Crippen molar-refractivity contribution >= 4 is 0 Å². The summed E-state index contributed by atoms with van der Waals surface area (Å²) in [5, 5.41) is 0. The quantitative estimate of drug-likeness (QED) is 0.562. The van der Waals surface area contributed by atoms with Crippen LogP contribution < -0.4 is 0 Å². The molecule has 0 aromatic rings. The molecule has 2 unspecified atom stereocenters. The molecular weight excluding hydrogens is 138 g/mol. The average Bonchev–Trinajstić information content (AvgIpc) is 2.60. The Bertz CT molecular complexity index is 146. The monoisotopic (exact) mass is 155 g/mol. The van der Waals surface area contributed by atoms with Gasteiger partial charge in [-0.15, -0.1) is 0 Å². The van der Waals surface area contributed by atoms with Gasteiger partial charge in [0.05, 0.1) is 13.2 Å². The molecule has 0 spiro atoms. The van der Waals surface area contributed by atoms with Crippen LogP contribution in [0.1, 0.15) is 20.3 Å². The van der Waals surface area contributed by atoms with Crippen molar-refractivity contribution in [2.24, 2.45) is 5.92 Å². The standard InChI is InChI=1S/C9H17NO/c1-7(2)10-3-4-11-6-8-5-9(8)10/h7-9H,3-6H2,1-2H3. The molecule has 1 saturated heterocycles. The summed E-state index contributed by atoms with van der Waals surface area (Å²) in [5.41, 5.74) is 0. The van der Waals surface area contributed by atoms with E-state index < -0.39 is 0 Å². The Kier molecular flexibility index (Phi) is 1.90. The molecule has 2 nitrogen and oxygen atoms in total. The van der Waals surface area contributed by atoms with Crippen LogP contribution in [0.5, 0.6) is 0 Å². The molecule has 1 aliphatic carbocycles. The highest BCUT2D eigenvalue weighted by Crippen LogP contribution is 2.38. The van der Waals surface area contributed by atoms with E-state index in [4.69, 9.17) is 4.74 Å². The zero-order valence-electron chi connectivity index (χ0n) is 7.42. The van der Waals surface area contributed by atoms with Crippen molar-refractivity contribution in [1.29, 1.82) is 0 Å². The second-order valence-corrected chi connectivity index (χ2v) is 3.97. The molecule has 0 bridgehead atoms. The summed E-state index contributed by atoms with van der Waals surface area (Å²) >= 11 is 0. The largest absolute Gasteiger partial charge is 0.380 e. The Morgan fingerprint density at radius 1 is 1.45 bits per heavy atom. The molecular formula is C9H17NO. The van der Waals surface area contributed by atoms with Gasteiger partial charge < -0.3 is 4.74 Å². The molecule has 2 heteroatoms. The third kappa shape index (κ3) is 1.42. The van der Waals surface area contributed by atoms with Crippen molar-refractivity contribution in [3.8, 4) is 0 Å². The average molecular weight is 155 g/mol. The molecule has 1 saturated carbocycles. The zero-order valence-corrected chi connectivity index (χ0v) is 7.42. The van der Waals surface area contributed by atoms with E-state index in [2.05, 4.69) is 18.7 Å². The topological polar surface area (TPSA) is 12.5 Å². The van der Waals surface area contributed by atoms with Crippen LogP contribution in [0.25, 0.3) is 0 Å². The number of ether oxygens (including phenoxy) is 1. The van der Waals surface area contributed by atoms with Crippen molar-refractivity contribution in [1.82, 2.24) is 4.90 Å². The van der Waals surface area contributed by atoms with Crippen LogP contribution in [-0.2, 0) is 4.74 Å². The molecule has 0 aromatic carbocycles. The Balaban J connectivity index is 1.96. The van der Waals surface area contributed by atoms with E-state index in [1.807, 2.05) is 0 Å². The minimum Gasteiger partial charge on any atom is -0.380 e. The maximum Gasteiger partial charge on any atom is 0.0593 e. The summed E-state index contributed by atoms with van der Waals surface area (Å²) in [6.07, 6.45) is 1.37. The molecule has 1 heterocycles. The van der Waals surface area contributed by atoms with Gasteiger partial charge in [0.15, 0.2) is 0 Å². The summed E-state index contributed by atoms with van der Waals surface area (Å²) in [4.78, 5) is 2.58. The summed E-state index contributed by atoms with van der Waals surface area (Å²) in [6, 6.07) is 1.56. The van der Waals surface area contributed by atoms with Gasteiger partial charge in [-0.2, -0.15) is 0 Å². The summed E-state index contributed by atoms with van der Waals surface area (Å²) in [7, 11) is 0. The van der Waals surface area contributed by atoms with Gasteiger partial charge in [-0.05, 0) is 26.2 Å². The van der Waals surface area contributed by atoms with Crippen LogP contribution in [-0.4, -0.2) is 36.7 Å². The lowest BCUT2D eigenvalue weighted by molar-refractivity contribution is 0.116. The molecule has 0 N–H and O–H groups in total. The molecule has 0 aromatic heterocycles. The van der Waals surface area contributed by atoms with Crippen LogP contribution in [0.3, 0.4) is 0 Å². The van der Waals surface area contributed by atoms with Gasteiger partial charge in [0.25, 0.3) is 0 Å². The van der Waals surface area contributed by atoms with Gasteiger partial charge in [0.2, 0.25) is 0 Å². The number of nitrogens with zero attached hydrogens (tertiary/aromatic N) is 1. The normalized spacial score (nSPS) is 38.5. The highest BCUT2D eigenvalue weighted by molar-refractivity contribution is 4.97. The summed E-state index contributed by atoms with van der Waals surface area (Å²) < 4.78 is 5.49. The van der Waals surface area contributed by atoms with Gasteiger partial charge in [-0.25, -0.2) is 0 Å². The first-order chi connectivity index (χ1) is 5.29. The molecule has 2 rings (SSSR count). The van der Waals surface area contributed by atoms with Crippen LogP contribution >= 0.6 is 0 Å². The summed E-state index contributed by atoms with van der Waals surface area (Å²) in [5.74, 6) is 0.861. The van der Waals surface area contributed by atoms with Crippen molar-refractivity contribution < 1.29 is 4.74 Å². The van der Waals surface area contributed by atoms with Gasteiger partial charge in [0.1, 0.15) is 0 Å². The first kappa shape index (κ1) is 7.56. The Labute approximate surface area is 68.5 Å². The Morgan fingerprint density at radius 2 is 2.27 bits per heavy atom. The van der Waals surface area contributed by atoms with Gasteiger partial charge in [-0.1, -0.05) is 0 Å². The van der Waals surface area contributed by atoms with Gasteiger partial charge in [-0.3, -0.25) is 4.90 Å². The summed E-state index contributed by atoms with van der Waals surface area (Å²) in [6.45, 7) is 7.64. The van der Waals surface area contributed by atoms with E-state index in [0.29, 0.717) is 6.04 Å². The lowest BCUT2D eigenvalue weighted by Crippen LogP contribution is -2.35. The van der Waals surface area contributed by atoms with E-state index in [1.54, 1.807) is 0 Å². The van der Waals surface area contributed by atoms with Crippen molar-refractivity contribution in [2.45, 2.75) is 32.4 Å². The number of hydrogen-bond acceptors (Lipinski definition) is 2. The fourth-order valence-corrected chi connectivity index (χ4v) is 2.03. The SMILES string of the molecule is CC(C)N1CCOCC2CC21. The predicted octanol–water partition coefficient (Wildman–Crippen LogP) is 1.12. The fourth-order valence-electron chi connectivity index (χ4n) is 2.03. The predicted molar refractivity (Wildman–Crippen MR) is 44.6 cm³/mol. The zero-order chi connectivity index (χ0) is 7.84. The minimum absolute atomic E-state index is 0.701. The third-order valence-corrected chi connectivity index (χ3v) is 2.80. The lowest BCUT2D eigenvalue weighted by atomic mass is 10.3. The van der Waals surface area contributed by atoms with E-state index in [1.165, 1.54) is 6.42 Å². The highest BCUT2D eigenvalue weighted by Gasteiger charge is 2.43. The van der Waals surface area contributed by atoms with E-state index in [9.17, 15) is 0 Å². The first-order valence-corrected chi connectivity index (χ1v) is 4.62. The maximum atomic E-state index is 5.49. The van der Waals surface area contributed by atoms with Gasteiger partial charge in [0, 0.05) is 18.6 Å².